The van der Waals surface area contributed by atoms with Crippen molar-refractivity contribution < 1.29 is 14.4 Å². The molecule has 9 nitrogen and oxygen atoms in total. The van der Waals surface area contributed by atoms with Crippen LogP contribution in [-0.2, 0) is 0 Å². The lowest BCUT2D eigenvalue weighted by atomic mass is 10.00. The van der Waals surface area contributed by atoms with Crippen LogP contribution in [0.4, 0.5) is 5.69 Å². The van der Waals surface area contributed by atoms with Crippen LogP contribution in [-0.4, -0.2) is 42.6 Å². The Hall–Kier alpha value is -3.24. The number of non-ortho nitro benzene ring substituents is 1. The summed E-state index contributed by atoms with van der Waals surface area (Å²) in [7, 11) is 0. The van der Waals surface area contributed by atoms with E-state index in [1.54, 1.807) is 30.5 Å². The lowest BCUT2D eigenvalue weighted by molar-refractivity contribution is -0.384. The van der Waals surface area contributed by atoms with Crippen molar-refractivity contribution in [3.8, 4) is 17.5 Å². The van der Waals surface area contributed by atoms with Crippen molar-refractivity contribution in [1.29, 1.82) is 0 Å². The Balaban J connectivity index is 1.58. The number of likely N-dealkylation sites (tertiary alicyclic amines) is 1. The van der Waals surface area contributed by atoms with Crippen LogP contribution in [0.3, 0.4) is 0 Å². The van der Waals surface area contributed by atoms with Gasteiger partial charge in [0.15, 0.2) is 5.76 Å². The Bertz CT molecular complexity index is 1180. The summed E-state index contributed by atoms with van der Waals surface area (Å²) in [5.74, 6) is 0.988. The minimum Gasteiger partial charge on any atom is -0.492 e. The summed E-state index contributed by atoms with van der Waals surface area (Å²) in [6.07, 6.45) is 4.88. The van der Waals surface area contributed by atoms with Gasteiger partial charge in [-0.2, -0.15) is 9.50 Å². The van der Waals surface area contributed by atoms with Gasteiger partial charge in [-0.3, -0.25) is 15.0 Å². The highest BCUT2D eigenvalue weighted by Crippen LogP contribution is 2.41. The molecular formula is C20H19N5O4S. The lowest BCUT2D eigenvalue weighted by Gasteiger charge is -2.34. The number of nitro groups is 1. The number of rotatable bonds is 5. The van der Waals surface area contributed by atoms with E-state index in [4.69, 9.17) is 4.42 Å². The van der Waals surface area contributed by atoms with Crippen LogP contribution in [0, 0.1) is 10.1 Å². The number of aromatic hydroxyl groups is 1. The highest BCUT2D eigenvalue weighted by Gasteiger charge is 2.31. The molecule has 1 saturated heterocycles. The first kappa shape index (κ1) is 18.8. The molecule has 10 heteroatoms. The van der Waals surface area contributed by atoms with Crippen LogP contribution in [0.2, 0.25) is 0 Å². The zero-order chi connectivity index (χ0) is 20.7. The highest BCUT2D eigenvalue weighted by molar-refractivity contribution is 7.17. The summed E-state index contributed by atoms with van der Waals surface area (Å²) >= 11 is 1.37. The molecule has 154 valence electrons. The molecule has 1 fully saturated rings. The summed E-state index contributed by atoms with van der Waals surface area (Å²) in [5.41, 5.74) is 0.944. The molecule has 5 rings (SSSR count). The fourth-order valence-electron chi connectivity index (χ4n) is 3.92. The van der Waals surface area contributed by atoms with Crippen LogP contribution in [0.15, 0.2) is 47.1 Å². The SMILES string of the molecule is O=[N+]([O-])c1ccc([C@@H](c2sc3nc(-c4ccco4)nn3c2O)N2CCCCC2)cc1. The second-order valence-electron chi connectivity index (χ2n) is 7.24. The number of furan rings is 1. The standard InChI is InChI=1S/C20H19N5O4S/c26-19-17(30-20-21-18(22-24(19)20)15-5-4-12-29-15)16(23-10-2-1-3-11-23)13-6-8-14(9-7-13)25(27)28/h4-9,12,16,26H,1-3,10-11H2/t16-/m0/s1. The molecule has 1 N–H and O–H groups in total. The van der Waals surface area contributed by atoms with Gasteiger partial charge >= 0.3 is 0 Å². The second kappa shape index (κ2) is 7.54. The van der Waals surface area contributed by atoms with E-state index in [2.05, 4.69) is 15.0 Å². The van der Waals surface area contributed by atoms with Crippen molar-refractivity contribution in [1.82, 2.24) is 19.5 Å². The van der Waals surface area contributed by atoms with E-state index in [-0.39, 0.29) is 17.6 Å². The summed E-state index contributed by atoms with van der Waals surface area (Å²) in [6, 6.07) is 9.86. The minimum atomic E-state index is -0.406. The smallest absolute Gasteiger partial charge is 0.269 e. The Morgan fingerprint density at radius 2 is 1.93 bits per heavy atom. The lowest BCUT2D eigenvalue weighted by Crippen LogP contribution is -2.34. The summed E-state index contributed by atoms with van der Waals surface area (Å²) < 4.78 is 6.78. The molecule has 0 amide bonds. The van der Waals surface area contributed by atoms with Crippen LogP contribution < -0.4 is 0 Å². The Kier molecular flexibility index (Phi) is 4.72. The number of aromatic nitrogens is 3. The fraction of sp³-hybridized carbons (Fsp3) is 0.300. The summed E-state index contributed by atoms with van der Waals surface area (Å²) in [6.45, 7) is 1.79. The molecule has 1 aliphatic heterocycles. The molecule has 4 heterocycles. The molecule has 30 heavy (non-hydrogen) atoms. The largest absolute Gasteiger partial charge is 0.492 e. The summed E-state index contributed by atoms with van der Waals surface area (Å²) in [5, 5.41) is 26.5. The second-order valence-corrected chi connectivity index (χ2v) is 8.25. The van der Waals surface area contributed by atoms with Crippen molar-refractivity contribution in [3.05, 3.63) is 63.2 Å². The van der Waals surface area contributed by atoms with Crippen molar-refractivity contribution in [2.45, 2.75) is 25.3 Å². The predicted octanol–water partition coefficient (Wildman–Crippen LogP) is 4.24. The maximum absolute atomic E-state index is 11.0. The third-order valence-electron chi connectivity index (χ3n) is 5.37. The van der Waals surface area contributed by atoms with Crippen LogP contribution >= 0.6 is 11.3 Å². The average Bonchev–Trinajstić information content (AvgIpc) is 3.49. The zero-order valence-corrected chi connectivity index (χ0v) is 16.8. The van der Waals surface area contributed by atoms with Gasteiger partial charge < -0.3 is 9.52 Å². The molecule has 0 radical (unpaired) electrons. The number of fused-ring (bicyclic) bond motifs is 1. The van der Waals surface area contributed by atoms with Crippen LogP contribution in [0.1, 0.15) is 35.7 Å². The summed E-state index contributed by atoms with van der Waals surface area (Å²) in [4.78, 5) is 18.8. The first-order valence-corrected chi connectivity index (χ1v) is 10.5. The normalized spacial score (nSPS) is 16.1. The fourth-order valence-corrected chi connectivity index (χ4v) is 5.04. The van der Waals surface area contributed by atoms with E-state index in [9.17, 15) is 15.2 Å². The number of piperidine rings is 1. The Morgan fingerprint density at radius 1 is 1.17 bits per heavy atom. The van der Waals surface area contributed by atoms with Crippen LogP contribution in [0.5, 0.6) is 5.88 Å². The maximum Gasteiger partial charge on any atom is 0.269 e. The molecule has 0 spiro atoms. The highest BCUT2D eigenvalue weighted by atomic mass is 32.1. The number of nitro benzene ring substituents is 1. The average molecular weight is 425 g/mol. The van der Waals surface area contributed by atoms with Gasteiger partial charge in [-0.15, -0.1) is 5.10 Å². The molecule has 4 aromatic rings. The third kappa shape index (κ3) is 3.23. The van der Waals surface area contributed by atoms with Gasteiger partial charge in [-0.1, -0.05) is 29.9 Å². The first-order valence-electron chi connectivity index (χ1n) is 9.72. The van der Waals surface area contributed by atoms with Gasteiger partial charge in [-0.25, -0.2) is 0 Å². The Labute approximate surface area is 175 Å². The molecule has 1 aliphatic rings. The van der Waals surface area contributed by atoms with E-state index in [0.29, 0.717) is 16.5 Å². The molecule has 1 atom stereocenters. The molecule has 0 saturated carbocycles. The number of benzene rings is 1. The quantitative estimate of drug-likeness (QED) is 0.376. The van der Waals surface area contributed by atoms with E-state index in [1.165, 1.54) is 34.4 Å². The van der Waals surface area contributed by atoms with Crippen molar-refractivity contribution in [2.75, 3.05) is 13.1 Å². The van der Waals surface area contributed by atoms with Crippen molar-refractivity contribution >= 4 is 22.0 Å². The number of nitrogens with zero attached hydrogens (tertiary/aromatic N) is 5. The van der Waals surface area contributed by atoms with Crippen LogP contribution in [0.25, 0.3) is 16.5 Å². The minimum absolute atomic E-state index is 0.0363. The van der Waals surface area contributed by atoms with Gasteiger partial charge in [0.2, 0.25) is 16.7 Å². The first-order chi connectivity index (χ1) is 14.6. The van der Waals surface area contributed by atoms with Gasteiger partial charge in [0.25, 0.3) is 5.69 Å². The molecule has 0 aliphatic carbocycles. The van der Waals surface area contributed by atoms with Crippen molar-refractivity contribution in [3.63, 3.8) is 0 Å². The molecule has 0 bridgehead atoms. The topological polar surface area (TPSA) is 110 Å². The third-order valence-corrected chi connectivity index (χ3v) is 6.44. The maximum atomic E-state index is 11.0. The van der Waals surface area contributed by atoms with Gasteiger partial charge in [0.1, 0.15) is 0 Å². The molecule has 0 unspecified atom stereocenters. The van der Waals surface area contributed by atoms with Crippen molar-refractivity contribution in [2.24, 2.45) is 0 Å². The number of thiazole rings is 1. The monoisotopic (exact) mass is 425 g/mol. The predicted molar refractivity (Wildman–Crippen MR) is 111 cm³/mol. The molecular weight excluding hydrogens is 406 g/mol. The molecule has 3 aromatic heterocycles. The molecule has 1 aromatic carbocycles. The Morgan fingerprint density at radius 3 is 2.57 bits per heavy atom. The van der Waals surface area contributed by atoms with E-state index >= 15 is 0 Å². The zero-order valence-electron chi connectivity index (χ0n) is 16.0. The number of hydrogen-bond donors (Lipinski definition) is 1. The van der Waals surface area contributed by atoms with E-state index < -0.39 is 4.92 Å². The number of hydrogen-bond acceptors (Lipinski definition) is 8. The van der Waals surface area contributed by atoms with Gasteiger partial charge in [-0.05, 0) is 43.6 Å². The van der Waals surface area contributed by atoms with Gasteiger partial charge in [0, 0.05) is 12.1 Å². The van der Waals surface area contributed by atoms with Gasteiger partial charge in [0.05, 0.1) is 22.1 Å². The van der Waals surface area contributed by atoms with E-state index in [1.807, 2.05) is 0 Å². The van der Waals surface area contributed by atoms with E-state index in [0.717, 1.165) is 36.4 Å².